The molecular formula is C22H29N3. The molecule has 1 N–H and O–H groups in total. The average molecular weight is 335 g/mol. The van der Waals surface area contributed by atoms with E-state index < -0.39 is 0 Å². The summed E-state index contributed by atoms with van der Waals surface area (Å²) < 4.78 is 0. The van der Waals surface area contributed by atoms with Crippen molar-refractivity contribution in [3.8, 4) is 11.1 Å². The number of nitrogens with one attached hydrogen (secondary N) is 1. The van der Waals surface area contributed by atoms with E-state index in [1.54, 1.807) is 0 Å². The topological polar surface area (TPSA) is 31.9 Å². The van der Waals surface area contributed by atoms with Gasteiger partial charge in [0.1, 0.15) is 0 Å². The van der Waals surface area contributed by atoms with Crippen molar-refractivity contribution < 1.29 is 0 Å². The summed E-state index contributed by atoms with van der Waals surface area (Å²) in [5, 5.41) is 7.72. The molecule has 0 saturated carbocycles. The molecule has 2 aromatic rings. The Labute approximate surface area is 151 Å². The average Bonchev–Trinajstić information content (AvgIpc) is 3.13. The highest BCUT2D eigenvalue weighted by molar-refractivity contribution is 5.66. The Bertz CT molecular complexity index is 730. The van der Waals surface area contributed by atoms with Crippen molar-refractivity contribution in [2.24, 2.45) is 5.92 Å². The van der Waals surface area contributed by atoms with Crippen LogP contribution in [0.5, 0.6) is 0 Å². The number of rotatable bonds is 4. The van der Waals surface area contributed by atoms with Crippen LogP contribution in [0.15, 0.2) is 42.6 Å². The molecule has 0 spiro atoms. The van der Waals surface area contributed by atoms with Gasteiger partial charge in [-0.3, -0.25) is 5.10 Å². The van der Waals surface area contributed by atoms with Gasteiger partial charge in [0.15, 0.2) is 0 Å². The first-order chi connectivity index (χ1) is 12.3. The molecule has 1 aliphatic heterocycles. The van der Waals surface area contributed by atoms with Crippen LogP contribution in [0.4, 0.5) is 0 Å². The summed E-state index contributed by atoms with van der Waals surface area (Å²) >= 11 is 0. The van der Waals surface area contributed by atoms with Gasteiger partial charge >= 0.3 is 0 Å². The second-order valence-electron chi connectivity index (χ2n) is 7.82. The number of piperidine rings is 1. The van der Waals surface area contributed by atoms with E-state index in [4.69, 9.17) is 0 Å². The number of aromatic nitrogens is 2. The summed E-state index contributed by atoms with van der Waals surface area (Å²) in [6.07, 6.45) is 13.2. The molecule has 2 unspecified atom stereocenters. The van der Waals surface area contributed by atoms with Gasteiger partial charge in [0.25, 0.3) is 0 Å². The molecule has 25 heavy (non-hydrogen) atoms. The number of hydrogen-bond acceptors (Lipinski definition) is 2. The molecule has 3 nitrogen and oxygen atoms in total. The predicted molar refractivity (Wildman–Crippen MR) is 104 cm³/mol. The van der Waals surface area contributed by atoms with Crippen molar-refractivity contribution in [1.29, 1.82) is 0 Å². The molecule has 1 fully saturated rings. The van der Waals surface area contributed by atoms with E-state index in [2.05, 4.69) is 58.4 Å². The van der Waals surface area contributed by atoms with Gasteiger partial charge < -0.3 is 4.90 Å². The Balaban J connectivity index is 1.48. The van der Waals surface area contributed by atoms with Crippen LogP contribution in [0.3, 0.4) is 0 Å². The van der Waals surface area contributed by atoms with E-state index in [1.165, 1.54) is 74.1 Å². The smallest absolute Gasteiger partial charge is 0.0568 e. The van der Waals surface area contributed by atoms with Gasteiger partial charge in [0, 0.05) is 30.3 Å². The van der Waals surface area contributed by atoms with Gasteiger partial charge in [-0.25, -0.2) is 0 Å². The van der Waals surface area contributed by atoms with E-state index in [1.807, 2.05) is 6.20 Å². The number of aromatic amines is 1. The van der Waals surface area contributed by atoms with Crippen LogP contribution < -0.4 is 0 Å². The first-order valence-electron chi connectivity index (χ1n) is 9.77. The minimum atomic E-state index is 0.575. The lowest BCUT2D eigenvalue weighted by Gasteiger charge is -2.35. The third-order valence-electron chi connectivity index (χ3n) is 5.81. The van der Waals surface area contributed by atoms with Crippen LogP contribution in [0.25, 0.3) is 11.1 Å². The van der Waals surface area contributed by atoms with E-state index >= 15 is 0 Å². The number of benzene rings is 1. The number of nitrogens with zero attached hydrogens (tertiary/aromatic N) is 2. The zero-order valence-corrected chi connectivity index (χ0v) is 15.2. The van der Waals surface area contributed by atoms with Gasteiger partial charge in [-0.1, -0.05) is 42.0 Å². The third-order valence-corrected chi connectivity index (χ3v) is 5.81. The molecule has 1 aliphatic carbocycles. The highest BCUT2D eigenvalue weighted by Gasteiger charge is 2.26. The lowest BCUT2D eigenvalue weighted by atomic mass is 9.88. The quantitative estimate of drug-likeness (QED) is 0.804. The first kappa shape index (κ1) is 16.6. The highest BCUT2D eigenvalue weighted by atomic mass is 15.2. The molecule has 2 atom stereocenters. The van der Waals surface area contributed by atoms with Crippen LogP contribution in [0, 0.1) is 12.8 Å². The van der Waals surface area contributed by atoms with E-state index in [0.717, 1.165) is 5.92 Å². The highest BCUT2D eigenvalue weighted by Crippen LogP contribution is 2.34. The van der Waals surface area contributed by atoms with Crippen molar-refractivity contribution in [3.63, 3.8) is 0 Å². The Morgan fingerprint density at radius 2 is 2.20 bits per heavy atom. The van der Waals surface area contributed by atoms with Gasteiger partial charge in [-0.05, 0) is 57.1 Å². The summed E-state index contributed by atoms with van der Waals surface area (Å²) in [4.78, 5) is 2.69. The summed E-state index contributed by atoms with van der Waals surface area (Å²) in [6.45, 7) is 5.84. The zero-order valence-electron chi connectivity index (χ0n) is 15.2. The van der Waals surface area contributed by atoms with Crippen LogP contribution in [-0.2, 0) is 0 Å². The SMILES string of the molecule is Cc1cccc(-c2cn[nH]c2C2CCCN(CC3CC=CCC3)C2)c1. The van der Waals surface area contributed by atoms with Crippen LogP contribution in [0.1, 0.15) is 49.3 Å². The molecule has 1 saturated heterocycles. The fraction of sp³-hybridized carbons (Fsp3) is 0.500. The van der Waals surface area contributed by atoms with Gasteiger partial charge in [0.05, 0.1) is 6.20 Å². The maximum absolute atomic E-state index is 4.39. The summed E-state index contributed by atoms with van der Waals surface area (Å²) in [6, 6.07) is 8.77. The fourth-order valence-electron chi connectivity index (χ4n) is 4.49. The normalized spacial score (nSPS) is 24.5. The molecule has 2 aliphatic rings. The molecule has 1 aromatic carbocycles. The first-order valence-corrected chi connectivity index (χ1v) is 9.77. The summed E-state index contributed by atoms with van der Waals surface area (Å²) in [5.41, 5.74) is 5.22. The monoisotopic (exact) mass is 335 g/mol. The molecule has 0 bridgehead atoms. The van der Waals surface area contributed by atoms with Crippen molar-refractivity contribution >= 4 is 0 Å². The minimum Gasteiger partial charge on any atom is -0.302 e. The molecule has 0 amide bonds. The van der Waals surface area contributed by atoms with Crippen LogP contribution >= 0.6 is 0 Å². The number of allylic oxidation sites excluding steroid dienone is 2. The molecule has 1 aromatic heterocycles. The molecular weight excluding hydrogens is 306 g/mol. The number of hydrogen-bond donors (Lipinski definition) is 1. The number of likely N-dealkylation sites (tertiary alicyclic amines) is 1. The minimum absolute atomic E-state index is 0.575. The molecule has 0 radical (unpaired) electrons. The fourth-order valence-corrected chi connectivity index (χ4v) is 4.49. The number of aryl methyl sites for hydroxylation is 1. The number of H-pyrrole nitrogens is 1. The summed E-state index contributed by atoms with van der Waals surface area (Å²) in [5.74, 6) is 1.42. The zero-order chi connectivity index (χ0) is 17.1. The molecule has 3 heteroatoms. The standard InChI is InChI=1S/C22H29N3/c1-17-7-5-10-19(13-17)21-14-23-24-22(21)20-11-6-12-25(16-20)15-18-8-3-2-4-9-18/h2-3,5,7,10,13-14,18,20H,4,6,8-9,11-12,15-16H2,1H3,(H,23,24). The Morgan fingerprint density at radius 3 is 3.04 bits per heavy atom. The van der Waals surface area contributed by atoms with Crippen LogP contribution in [0.2, 0.25) is 0 Å². The van der Waals surface area contributed by atoms with Gasteiger partial charge in [-0.2, -0.15) is 5.10 Å². The second-order valence-corrected chi connectivity index (χ2v) is 7.82. The predicted octanol–water partition coefficient (Wildman–Crippen LogP) is 4.92. The lowest BCUT2D eigenvalue weighted by molar-refractivity contribution is 0.173. The van der Waals surface area contributed by atoms with Crippen molar-refractivity contribution in [2.75, 3.05) is 19.6 Å². The van der Waals surface area contributed by atoms with E-state index in [0.29, 0.717) is 5.92 Å². The molecule has 4 rings (SSSR count). The van der Waals surface area contributed by atoms with Gasteiger partial charge in [-0.15, -0.1) is 0 Å². The second kappa shape index (κ2) is 7.57. The van der Waals surface area contributed by atoms with Crippen molar-refractivity contribution in [3.05, 3.63) is 53.9 Å². The summed E-state index contributed by atoms with van der Waals surface area (Å²) in [7, 11) is 0. The Hall–Kier alpha value is -1.87. The Morgan fingerprint density at radius 1 is 1.24 bits per heavy atom. The molecule has 132 valence electrons. The van der Waals surface area contributed by atoms with Crippen molar-refractivity contribution in [2.45, 2.75) is 44.9 Å². The molecule has 2 heterocycles. The van der Waals surface area contributed by atoms with E-state index in [9.17, 15) is 0 Å². The van der Waals surface area contributed by atoms with Gasteiger partial charge in [0.2, 0.25) is 0 Å². The van der Waals surface area contributed by atoms with Crippen molar-refractivity contribution in [1.82, 2.24) is 15.1 Å². The third kappa shape index (κ3) is 3.87. The lowest BCUT2D eigenvalue weighted by Crippen LogP contribution is -2.38. The maximum atomic E-state index is 4.39. The van der Waals surface area contributed by atoms with Crippen LogP contribution in [-0.4, -0.2) is 34.7 Å². The van der Waals surface area contributed by atoms with E-state index in [-0.39, 0.29) is 0 Å². The Kier molecular flexibility index (Phi) is 5.02. The maximum Gasteiger partial charge on any atom is 0.0568 e. The largest absolute Gasteiger partial charge is 0.302 e.